The first-order chi connectivity index (χ1) is 18.8. The number of carboxylic acid groups (broad SMARTS) is 1. The van der Waals surface area contributed by atoms with Crippen LogP contribution in [0.15, 0.2) is 0 Å². The van der Waals surface area contributed by atoms with E-state index in [1.54, 1.807) is 13.8 Å². The minimum Gasteiger partial charge on any atom is -0.507 e. The van der Waals surface area contributed by atoms with Gasteiger partial charge >= 0.3 is 11.9 Å². The highest BCUT2D eigenvalue weighted by molar-refractivity contribution is 8.26. The monoisotopic (exact) mass is 648 g/mol. The third-order valence-electron chi connectivity index (χ3n) is 8.11. The molecule has 42 heavy (non-hydrogen) atoms. The van der Waals surface area contributed by atoms with Crippen LogP contribution in [0.1, 0.15) is 78.6 Å². The Bertz CT molecular complexity index is 1390. The van der Waals surface area contributed by atoms with E-state index in [0.29, 0.717) is 42.9 Å². The highest BCUT2D eigenvalue weighted by Crippen LogP contribution is 2.44. The van der Waals surface area contributed by atoms with Crippen molar-refractivity contribution < 1.29 is 43.3 Å². The molecule has 0 amide bonds. The SMILES string of the molecule is C.COC(=O)[C@]1(C)CCc2c(C)c(O)c(C)c(C)c2O1.Cc1c(C)c2c(c(C)c1O)CC[C@@](C)(C(=O)O)O2.O=S(Cl)Cl. The Morgan fingerprint density at radius 2 is 1.10 bits per heavy atom. The number of esters is 1. The number of ether oxygens (including phenoxy) is 3. The number of rotatable bonds is 2. The second kappa shape index (κ2) is 14.2. The summed E-state index contributed by atoms with van der Waals surface area (Å²) in [6, 6.07) is 0. The third-order valence-corrected chi connectivity index (χ3v) is 8.11. The number of benzene rings is 2. The summed E-state index contributed by atoms with van der Waals surface area (Å²) in [4.78, 5) is 23.1. The second-order valence-electron chi connectivity index (χ2n) is 10.7. The summed E-state index contributed by atoms with van der Waals surface area (Å²) < 4.78 is 25.6. The van der Waals surface area contributed by atoms with E-state index in [2.05, 4.69) is 21.4 Å². The number of aliphatic carboxylic acids is 1. The molecule has 0 saturated carbocycles. The first kappa shape index (κ1) is 37.3. The van der Waals surface area contributed by atoms with Crippen molar-refractivity contribution in [2.75, 3.05) is 7.11 Å². The van der Waals surface area contributed by atoms with E-state index < -0.39 is 26.4 Å². The molecule has 0 saturated heterocycles. The van der Waals surface area contributed by atoms with Gasteiger partial charge in [0.2, 0.25) is 20.4 Å². The van der Waals surface area contributed by atoms with E-state index >= 15 is 0 Å². The molecular weight excluding hydrogens is 607 g/mol. The number of aromatic hydroxyl groups is 2. The topological polar surface area (TPSA) is 140 Å². The predicted molar refractivity (Wildman–Crippen MR) is 166 cm³/mol. The lowest BCUT2D eigenvalue weighted by Crippen LogP contribution is -2.45. The summed E-state index contributed by atoms with van der Waals surface area (Å²) in [6.07, 6.45) is 2.27. The molecule has 4 rings (SSSR count). The number of fused-ring (bicyclic) bond motifs is 2. The van der Waals surface area contributed by atoms with E-state index in [9.17, 15) is 24.9 Å². The molecule has 0 aliphatic carbocycles. The Morgan fingerprint density at radius 1 is 0.762 bits per heavy atom. The summed E-state index contributed by atoms with van der Waals surface area (Å²) in [7, 11) is 8.73. The molecule has 0 bridgehead atoms. The standard InChI is InChI=1S/C15H20O4.C14H18O4.CH4.Cl2OS/c1-8-9(2)13-11(10(3)12(8)16)6-7-15(4,19-13)14(17)18-5;1-7-8(2)12-10(9(3)11(7)15)5-6-14(4,18-12)13(16)17;;1-4(2)3/h16H,6-7H2,1-5H3;15H,5-6H2,1-4H3,(H,16,17);1H4;/t15-;14-;;/m00../s1. The van der Waals surface area contributed by atoms with E-state index in [4.69, 9.17) is 18.4 Å². The molecule has 0 radical (unpaired) electrons. The number of carbonyl (C=O) groups excluding carboxylic acids is 1. The van der Waals surface area contributed by atoms with Crippen LogP contribution in [-0.4, -0.2) is 49.8 Å². The Hall–Kier alpha value is -2.69. The maximum Gasteiger partial charge on any atom is 0.349 e. The number of phenols is 2. The molecule has 236 valence electrons. The van der Waals surface area contributed by atoms with Crippen molar-refractivity contribution in [1.29, 1.82) is 0 Å². The highest BCUT2D eigenvalue weighted by atomic mass is 36.0. The van der Waals surface area contributed by atoms with Crippen LogP contribution in [0.4, 0.5) is 0 Å². The molecule has 2 heterocycles. The molecule has 2 aromatic rings. The normalized spacial score (nSPS) is 20.1. The van der Waals surface area contributed by atoms with Crippen molar-refractivity contribution in [3.63, 3.8) is 0 Å². The van der Waals surface area contributed by atoms with Crippen molar-refractivity contribution in [2.45, 2.75) is 99.7 Å². The minimum atomic E-state index is -1.67. The maximum atomic E-state index is 11.8. The van der Waals surface area contributed by atoms with Gasteiger partial charge in [-0.1, -0.05) is 7.43 Å². The molecule has 2 aliphatic heterocycles. The zero-order chi connectivity index (χ0) is 31.6. The van der Waals surface area contributed by atoms with Crippen LogP contribution in [0.2, 0.25) is 0 Å². The number of hydrogen-bond acceptors (Lipinski definition) is 8. The van der Waals surface area contributed by atoms with Crippen LogP contribution >= 0.6 is 21.4 Å². The quantitative estimate of drug-likeness (QED) is 0.238. The van der Waals surface area contributed by atoms with Gasteiger partial charge in [-0.3, -0.25) is 0 Å². The van der Waals surface area contributed by atoms with Crippen molar-refractivity contribution in [1.82, 2.24) is 0 Å². The number of carbonyl (C=O) groups is 2. The zero-order valence-corrected chi connectivity index (χ0v) is 27.1. The largest absolute Gasteiger partial charge is 0.507 e. The molecule has 0 unspecified atom stereocenters. The van der Waals surface area contributed by atoms with Crippen LogP contribution in [0.25, 0.3) is 0 Å². The maximum absolute atomic E-state index is 11.8. The van der Waals surface area contributed by atoms with Crippen molar-refractivity contribution in [2.24, 2.45) is 0 Å². The fourth-order valence-electron chi connectivity index (χ4n) is 5.01. The number of halogens is 2. The Balaban J connectivity index is 0.000000365. The van der Waals surface area contributed by atoms with Gasteiger partial charge in [0, 0.05) is 45.3 Å². The Labute approximate surface area is 259 Å². The fourth-order valence-corrected chi connectivity index (χ4v) is 5.01. The zero-order valence-electron chi connectivity index (χ0n) is 24.8. The van der Waals surface area contributed by atoms with Gasteiger partial charge in [0.05, 0.1) is 7.11 Å². The van der Waals surface area contributed by atoms with E-state index in [-0.39, 0.29) is 19.1 Å². The average molecular weight is 650 g/mol. The van der Waals surface area contributed by atoms with E-state index in [0.717, 1.165) is 44.5 Å². The molecule has 12 heteroatoms. The van der Waals surface area contributed by atoms with Gasteiger partial charge in [0.15, 0.2) is 0 Å². The van der Waals surface area contributed by atoms with Crippen molar-refractivity contribution in [3.05, 3.63) is 44.5 Å². The summed E-state index contributed by atoms with van der Waals surface area (Å²) in [5, 5.41) is 29.3. The molecule has 2 atom stereocenters. The fraction of sp³-hybridized carbons (Fsp3) is 0.533. The van der Waals surface area contributed by atoms with E-state index in [1.807, 2.05) is 41.5 Å². The predicted octanol–water partition coefficient (Wildman–Crippen LogP) is 6.74. The van der Waals surface area contributed by atoms with Gasteiger partial charge < -0.3 is 29.5 Å². The molecule has 3 N–H and O–H groups in total. The smallest absolute Gasteiger partial charge is 0.349 e. The van der Waals surface area contributed by atoms with Crippen LogP contribution < -0.4 is 9.47 Å². The summed E-state index contributed by atoms with van der Waals surface area (Å²) in [5.41, 5.74) is 4.68. The lowest BCUT2D eigenvalue weighted by atomic mass is 9.87. The minimum absolute atomic E-state index is 0. The van der Waals surface area contributed by atoms with Crippen LogP contribution in [-0.2, 0) is 36.4 Å². The first-order valence-corrected chi connectivity index (χ1v) is 15.7. The molecular formula is C30H42Cl2O9S. The molecule has 0 aromatic heterocycles. The Kier molecular flexibility index (Phi) is 12.6. The van der Waals surface area contributed by atoms with Crippen molar-refractivity contribution in [3.8, 4) is 23.0 Å². The van der Waals surface area contributed by atoms with Gasteiger partial charge in [-0.2, -0.15) is 0 Å². The second-order valence-corrected chi connectivity index (χ2v) is 13.2. The summed E-state index contributed by atoms with van der Waals surface area (Å²) in [6.45, 7) is 14.5. The van der Waals surface area contributed by atoms with Crippen molar-refractivity contribution >= 4 is 42.5 Å². The van der Waals surface area contributed by atoms with E-state index in [1.165, 1.54) is 7.11 Å². The van der Waals surface area contributed by atoms with Crippen LogP contribution in [0.3, 0.4) is 0 Å². The number of hydrogen-bond donors (Lipinski definition) is 3. The number of phenolic OH excluding ortho intramolecular Hbond substituents is 2. The van der Waals surface area contributed by atoms with Gasteiger partial charge in [-0.05, 0) is 102 Å². The van der Waals surface area contributed by atoms with Gasteiger partial charge in [-0.15, -0.1) is 0 Å². The van der Waals surface area contributed by atoms with Gasteiger partial charge in [0.25, 0.3) is 0 Å². The third kappa shape index (κ3) is 7.44. The van der Waals surface area contributed by atoms with Crippen LogP contribution in [0, 0.1) is 41.5 Å². The number of carboxylic acids is 1. The van der Waals surface area contributed by atoms with Gasteiger partial charge in [-0.25, -0.2) is 13.8 Å². The average Bonchev–Trinajstić information content (AvgIpc) is 2.92. The molecule has 0 spiro atoms. The molecule has 2 aromatic carbocycles. The number of methoxy groups -OCH3 is 1. The molecule has 0 fully saturated rings. The lowest BCUT2D eigenvalue weighted by molar-refractivity contribution is -0.159. The van der Waals surface area contributed by atoms with Gasteiger partial charge in [0.1, 0.15) is 23.0 Å². The molecule has 9 nitrogen and oxygen atoms in total. The Morgan fingerprint density at radius 3 is 1.43 bits per heavy atom. The first-order valence-electron chi connectivity index (χ1n) is 12.9. The molecule has 2 aliphatic rings. The highest BCUT2D eigenvalue weighted by Gasteiger charge is 2.42. The summed E-state index contributed by atoms with van der Waals surface area (Å²) >= 11 is 0. The lowest BCUT2D eigenvalue weighted by Gasteiger charge is -2.35. The van der Waals surface area contributed by atoms with Crippen LogP contribution in [0.5, 0.6) is 23.0 Å². The summed E-state index contributed by atoms with van der Waals surface area (Å²) in [5.74, 6) is 0.637.